The summed E-state index contributed by atoms with van der Waals surface area (Å²) in [6.45, 7) is 1.14. The van der Waals surface area contributed by atoms with Crippen molar-refractivity contribution in [2.24, 2.45) is 0 Å². The number of amides is 2. The molecule has 0 spiro atoms. The summed E-state index contributed by atoms with van der Waals surface area (Å²) in [5.41, 5.74) is 1.21. The Hall–Kier alpha value is -2.65. The average Bonchev–Trinajstić information content (AvgIpc) is 3.42. The van der Waals surface area contributed by atoms with Crippen LogP contribution in [0.4, 0.5) is 10.8 Å². The lowest BCUT2D eigenvalue weighted by atomic mass is 10.3. The number of rotatable bonds is 11. The molecular formula is C20H26N4O4S. The summed E-state index contributed by atoms with van der Waals surface area (Å²) >= 11 is 1.35. The Labute approximate surface area is 174 Å². The van der Waals surface area contributed by atoms with E-state index in [4.69, 9.17) is 9.47 Å². The minimum Gasteiger partial charge on any atom is -0.497 e. The van der Waals surface area contributed by atoms with Gasteiger partial charge in [0.25, 0.3) is 5.91 Å². The molecule has 0 radical (unpaired) electrons. The molecule has 0 unspecified atom stereocenters. The van der Waals surface area contributed by atoms with Crippen LogP contribution in [-0.2, 0) is 9.53 Å². The SMILES string of the molecule is COCCN(CCC(=O)NC1CC1)C(=O)c1csc(Nc2ccc(OC)cc2)n1. The van der Waals surface area contributed by atoms with Gasteiger partial charge < -0.3 is 25.0 Å². The maximum Gasteiger partial charge on any atom is 0.273 e. The van der Waals surface area contributed by atoms with Crippen LogP contribution in [0, 0.1) is 0 Å². The van der Waals surface area contributed by atoms with Gasteiger partial charge in [-0.05, 0) is 37.1 Å². The number of aromatic nitrogens is 1. The summed E-state index contributed by atoms with van der Waals surface area (Å²) in [7, 11) is 3.20. The molecule has 29 heavy (non-hydrogen) atoms. The van der Waals surface area contributed by atoms with E-state index in [2.05, 4.69) is 15.6 Å². The molecule has 3 rings (SSSR count). The first-order valence-electron chi connectivity index (χ1n) is 9.53. The Balaban J connectivity index is 1.59. The molecule has 0 aliphatic heterocycles. The molecule has 2 aromatic rings. The molecule has 1 aliphatic rings. The summed E-state index contributed by atoms with van der Waals surface area (Å²) in [5, 5.41) is 8.47. The van der Waals surface area contributed by atoms with Gasteiger partial charge in [-0.25, -0.2) is 4.98 Å². The molecule has 2 N–H and O–H groups in total. The minimum absolute atomic E-state index is 0.0251. The second kappa shape index (κ2) is 10.2. The molecular weight excluding hydrogens is 392 g/mol. The Morgan fingerprint density at radius 1 is 1.21 bits per heavy atom. The summed E-state index contributed by atoms with van der Waals surface area (Å²) in [5.74, 6) is 0.535. The maximum atomic E-state index is 12.9. The van der Waals surface area contributed by atoms with Crippen LogP contribution < -0.4 is 15.4 Å². The van der Waals surface area contributed by atoms with Crippen LogP contribution in [0.5, 0.6) is 5.75 Å². The molecule has 2 amide bonds. The van der Waals surface area contributed by atoms with Crippen molar-refractivity contribution in [3.8, 4) is 5.75 Å². The van der Waals surface area contributed by atoms with E-state index in [1.807, 2.05) is 24.3 Å². The van der Waals surface area contributed by atoms with Crippen molar-refractivity contribution in [3.63, 3.8) is 0 Å². The summed E-state index contributed by atoms with van der Waals surface area (Å²) < 4.78 is 10.3. The van der Waals surface area contributed by atoms with Crippen LogP contribution in [0.25, 0.3) is 0 Å². The molecule has 0 atom stereocenters. The number of nitrogens with one attached hydrogen (secondary N) is 2. The van der Waals surface area contributed by atoms with Gasteiger partial charge in [-0.1, -0.05) is 0 Å². The number of ether oxygens (including phenoxy) is 2. The van der Waals surface area contributed by atoms with E-state index in [0.29, 0.717) is 36.6 Å². The zero-order valence-corrected chi connectivity index (χ0v) is 17.5. The lowest BCUT2D eigenvalue weighted by Crippen LogP contribution is -2.37. The molecule has 1 saturated carbocycles. The summed E-state index contributed by atoms with van der Waals surface area (Å²) in [4.78, 5) is 30.9. The van der Waals surface area contributed by atoms with E-state index in [1.165, 1.54) is 11.3 Å². The lowest BCUT2D eigenvalue weighted by Gasteiger charge is -2.21. The van der Waals surface area contributed by atoms with Crippen molar-refractivity contribution >= 4 is 34.0 Å². The van der Waals surface area contributed by atoms with E-state index < -0.39 is 0 Å². The van der Waals surface area contributed by atoms with Gasteiger partial charge in [0.05, 0.1) is 13.7 Å². The fraction of sp³-hybridized carbons (Fsp3) is 0.450. The minimum atomic E-state index is -0.208. The van der Waals surface area contributed by atoms with Crippen molar-refractivity contribution in [2.75, 3.05) is 39.2 Å². The highest BCUT2D eigenvalue weighted by Crippen LogP contribution is 2.23. The van der Waals surface area contributed by atoms with Gasteiger partial charge in [0.15, 0.2) is 5.13 Å². The van der Waals surface area contributed by atoms with Gasteiger partial charge in [0.2, 0.25) is 5.91 Å². The Kier molecular flexibility index (Phi) is 7.42. The molecule has 1 aliphatic carbocycles. The first-order valence-corrected chi connectivity index (χ1v) is 10.4. The van der Waals surface area contributed by atoms with Crippen LogP contribution in [0.15, 0.2) is 29.6 Å². The monoisotopic (exact) mass is 418 g/mol. The van der Waals surface area contributed by atoms with Crippen LogP contribution in [0.1, 0.15) is 29.8 Å². The highest BCUT2D eigenvalue weighted by molar-refractivity contribution is 7.14. The molecule has 1 heterocycles. The first-order chi connectivity index (χ1) is 14.1. The standard InChI is InChI=1S/C20H26N4O4S/c1-27-12-11-24(10-9-18(25)21-14-3-4-14)19(26)17-13-29-20(23-17)22-15-5-7-16(28-2)8-6-15/h5-8,13-14H,3-4,9-12H2,1-2H3,(H,21,25)(H,22,23). The van der Waals surface area contributed by atoms with Crippen molar-refractivity contribution in [1.29, 1.82) is 0 Å². The fourth-order valence-electron chi connectivity index (χ4n) is 2.67. The van der Waals surface area contributed by atoms with Crippen LogP contribution in [0.3, 0.4) is 0 Å². The van der Waals surface area contributed by atoms with E-state index in [9.17, 15) is 9.59 Å². The van der Waals surface area contributed by atoms with Gasteiger partial charge in [-0.3, -0.25) is 9.59 Å². The Bertz CT molecular complexity index is 820. The molecule has 0 saturated heterocycles. The number of benzene rings is 1. The largest absolute Gasteiger partial charge is 0.497 e. The fourth-order valence-corrected chi connectivity index (χ4v) is 3.37. The van der Waals surface area contributed by atoms with Gasteiger partial charge >= 0.3 is 0 Å². The predicted molar refractivity (Wildman–Crippen MR) is 112 cm³/mol. The number of carbonyl (C=O) groups is 2. The lowest BCUT2D eigenvalue weighted by molar-refractivity contribution is -0.121. The highest BCUT2D eigenvalue weighted by atomic mass is 32.1. The second-order valence-electron chi connectivity index (χ2n) is 6.77. The Morgan fingerprint density at radius 3 is 2.62 bits per heavy atom. The van der Waals surface area contributed by atoms with Crippen molar-refractivity contribution in [2.45, 2.75) is 25.3 Å². The number of anilines is 2. The third kappa shape index (κ3) is 6.43. The van der Waals surface area contributed by atoms with Gasteiger partial charge in [-0.2, -0.15) is 0 Å². The zero-order chi connectivity index (χ0) is 20.6. The predicted octanol–water partition coefficient (Wildman–Crippen LogP) is 2.65. The number of thiazole rings is 1. The van der Waals surface area contributed by atoms with Crippen molar-refractivity contribution in [1.82, 2.24) is 15.2 Å². The highest BCUT2D eigenvalue weighted by Gasteiger charge is 2.24. The summed E-state index contributed by atoms with van der Waals surface area (Å²) in [6, 6.07) is 7.77. The molecule has 156 valence electrons. The van der Waals surface area contributed by atoms with Crippen molar-refractivity contribution in [3.05, 3.63) is 35.3 Å². The number of nitrogens with zero attached hydrogens (tertiary/aromatic N) is 2. The molecule has 8 nitrogen and oxygen atoms in total. The first kappa shape index (κ1) is 21.1. The maximum absolute atomic E-state index is 12.9. The van der Waals surface area contributed by atoms with Gasteiger partial charge in [0.1, 0.15) is 11.4 Å². The van der Waals surface area contributed by atoms with Crippen molar-refractivity contribution < 1.29 is 19.1 Å². The van der Waals surface area contributed by atoms with Crippen LogP contribution in [-0.4, -0.2) is 61.7 Å². The van der Waals surface area contributed by atoms with E-state index in [1.54, 1.807) is 24.5 Å². The Morgan fingerprint density at radius 2 is 1.97 bits per heavy atom. The second-order valence-corrected chi connectivity index (χ2v) is 7.63. The van der Waals surface area contributed by atoms with Crippen LogP contribution in [0.2, 0.25) is 0 Å². The van der Waals surface area contributed by atoms with Gasteiger partial charge in [0, 0.05) is 43.7 Å². The summed E-state index contributed by atoms with van der Waals surface area (Å²) in [6.07, 6.45) is 2.36. The number of hydrogen-bond donors (Lipinski definition) is 2. The topological polar surface area (TPSA) is 92.8 Å². The normalized spacial score (nSPS) is 13.0. The average molecular weight is 419 g/mol. The third-order valence-corrected chi connectivity index (χ3v) is 5.23. The van der Waals surface area contributed by atoms with Crippen LogP contribution >= 0.6 is 11.3 Å². The molecule has 1 aromatic carbocycles. The molecule has 9 heteroatoms. The van der Waals surface area contributed by atoms with E-state index >= 15 is 0 Å². The molecule has 0 bridgehead atoms. The number of methoxy groups -OCH3 is 2. The molecule has 1 fully saturated rings. The third-order valence-electron chi connectivity index (χ3n) is 4.47. The smallest absolute Gasteiger partial charge is 0.273 e. The number of hydrogen-bond acceptors (Lipinski definition) is 7. The molecule has 1 aromatic heterocycles. The number of carbonyl (C=O) groups excluding carboxylic acids is 2. The van der Waals surface area contributed by atoms with E-state index in [0.717, 1.165) is 24.3 Å². The van der Waals surface area contributed by atoms with Gasteiger partial charge in [-0.15, -0.1) is 11.3 Å². The van der Waals surface area contributed by atoms with E-state index in [-0.39, 0.29) is 18.2 Å². The quantitative estimate of drug-likeness (QED) is 0.583. The zero-order valence-electron chi connectivity index (χ0n) is 16.6.